The predicted molar refractivity (Wildman–Crippen MR) is 67.9 cm³/mol. The van der Waals surface area contributed by atoms with Gasteiger partial charge in [-0.2, -0.15) is 10.3 Å². The van der Waals surface area contributed by atoms with Crippen LogP contribution in [0.5, 0.6) is 0 Å². The van der Waals surface area contributed by atoms with Gasteiger partial charge in [0.25, 0.3) is 0 Å². The summed E-state index contributed by atoms with van der Waals surface area (Å²) in [6, 6.07) is 10.2. The summed E-state index contributed by atoms with van der Waals surface area (Å²) < 4.78 is 5.64. The number of aromatic nitrogens is 3. The van der Waals surface area contributed by atoms with E-state index < -0.39 is 0 Å². The summed E-state index contributed by atoms with van der Waals surface area (Å²) in [5.74, 6) is 0.792. The molecule has 0 saturated carbocycles. The molecule has 0 aliphatic heterocycles. The second kappa shape index (κ2) is 5.33. The topological polar surface area (TPSA) is 50.8 Å². The van der Waals surface area contributed by atoms with Crippen LogP contribution in [0.4, 0.5) is 0 Å². The highest BCUT2D eigenvalue weighted by atomic mass is 32.2. The molecule has 90 valence electrons. The third kappa shape index (κ3) is 2.87. The van der Waals surface area contributed by atoms with Crippen molar-refractivity contribution in [2.24, 2.45) is 0 Å². The number of nitrogens with zero attached hydrogens (tertiary/aromatic N) is 2. The summed E-state index contributed by atoms with van der Waals surface area (Å²) in [5, 5.41) is 11.3. The smallest absolute Gasteiger partial charge is 0.138 e. The summed E-state index contributed by atoms with van der Waals surface area (Å²) in [4.78, 5) is 0. The highest BCUT2D eigenvalue weighted by Gasteiger charge is 2.26. The van der Waals surface area contributed by atoms with Crippen molar-refractivity contribution in [1.82, 2.24) is 15.4 Å². The van der Waals surface area contributed by atoms with Crippen molar-refractivity contribution in [3.05, 3.63) is 42.1 Å². The first-order chi connectivity index (χ1) is 8.24. The number of benzene rings is 1. The molecule has 1 heterocycles. The van der Waals surface area contributed by atoms with E-state index in [1.54, 1.807) is 25.1 Å². The predicted octanol–water partition coefficient (Wildman–Crippen LogP) is 2.46. The van der Waals surface area contributed by atoms with Crippen LogP contribution in [0.2, 0.25) is 0 Å². The Morgan fingerprint density at radius 3 is 2.71 bits per heavy atom. The van der Waals surface area contributed by atoms with Gasteiger partial charge in [0.15, 0.2) is 0 Å². The third-order valence-corrected chi connectivity index (χ3v) is 3.91. The monoisotopic (exact) mass is 249 g/mol. The standard InChI is InChI=1S/C12H15N3OS/c1-12(16-2,10-6-4-3-5-7-10)9-17-11-8-13-15-14-11/h3-8H,9H2,1-2H3,(H,13,14,15)/t12-/m1/s1. The number of nitrogens with one attached hydrogen (secondary N) is 1. The van der Waals surface area contributed by atoms with Crippen LogP contribution in [0.1, 0.15) is 12.5 Å². The lowest BCUT2D eigenvalue weighted by Gasteiger charge is -2.27. The van der Waals surface area contributed by atoms with Crippen molar-refractivity contribution in [3.8, 4) is 0 Å². The van der Waals surface area contributed by atoms with Gasteiger partial charge in [0.2, 0.25) is 0 Å². The number of aromatic amines is 1. The minimum absolute atomic E-state index is 0.315. The largest absolute Gasteiger partial charge is 0.373 e. The molecule has 0 fully saturated rings. The summed E-state index contributed by atoms with van der Waals surface area (Å²) in [7, 11) is 1.73. The van der Waals surface area contributed by atoms with E-state index in [-0.39, 0.29) is 5.60 Å². The fourth-order valence-corrected chi connectivity index (χ4v) is 2.46. The summed E-state index contributed by atoms with van der Waals surface area (Å²) in [6.45, 7) is 2.08. The fourth-order valence-electron chi connectivity index (χ4n) is 1.52. The molecular weight excluding hydrogens is 234 g/mol. The van der Waals surface area contributed by atoms with Gasteiger partial charge in [-0.1, -0.05) is 42.1 Å². The molecule has 1 aromatic carbocycles. The van der Waals surface area contributed by atoms with Crippen LogP contribution >= 0.6 is 11.8 Å². The first-order valence-corrected chi connectivity index (χ1v) is 6.32. The van der Waals surface area contributed by atoms with Crippen LogP contribution in [0.15, 0.2) is 41.6 Å². The van der Waals surface area contributed by atoms with Crippen LogP contribution in [0.25, 0.3) is 0 Å². The molecule has 2 rings (SSSR count). The lowest BCUT2D eigenvalue weighted by Crippen LogP contribution is -2.27. The molecular formula is C12H15N3OS. The summed E-state index contributed by atoms with van der Waals surface area (Å²) >= 11 is 1.62. The zero-order valence-corrected chi connectivity index (χ0v) is 10.7. The quantitative estimate of drug-likeness (QED) is 0.827. The van der Waals surface area contributed by atoms with Gasteiger partial charge in [-0.25, -0.2) is 0 Å². The molecule has 0 aliphatic rings. The normalized spacial score (nSPS) is 14.5. The SMILES string of the molecule is CO[C@](C)(CSc1cn[nH]n1)c1ccccc1. The summed E-state index contributed by atoms with van der Waals surface area (Å²) in [6.07, 6.45) is 1.71. The van der Waals surface area contributed by atoms with E-state index >= 15 is 0 Å². The van der Waals surface area contributed by atoms with Crippen molar-refractivity contribution in [3.63, 3.8) is 0 Å². The number of hydrogen-bond acceptors (Lipinski definition) is 4. The Morgan fingerprint density at radius 1 is 1.35 bits per heavy atom. The molecule has 1 atom stereocenters. The number of methoxy groups -OCH3 is 1. The van der Waals surface area contributed by atoms with Crippen LogP contribution in [-0.4, -0.2) is 28.3 Å². The lowest BCUT2D eigenvalue weighted by molar-refractivity contribution is 0.0237. The second-order valence-electron chi connectivity index (χ2n) is 3.90. The first-order valence-electron chi connectivity index (χ1n) is 5.34. The van der Waals surface area contributed by atoms with Gasteiger partial charge in [-0.3, -0.25) is 0 Å². The molecule has 5 heteroatoms. The average molecular weight is 249 g/mol. The van der Waals surface area contributed by atoms with E-state index in [0.29, 0.717) is 0 Å². The highest BCUT2D eigenvalue weighted by molar-refractivity contribution is 7.99. The van der Waals surface area contributed by atoms with Crippen LogP contribution < -0.4 is 0 Å². The number of thioether (sulfide) groups is 1. The van der Waals surface area contributed by atoms with E-state index in [1.807, 2.05) is 18.2 Å². The van der Waals surface area contributed by atoms with Crippen LogP contribution in [-0.2, 0) is 10.3 Å². The Bertz CT molecular complexity index is 446. The maximum absolute atomic E-state index is 5.64. The summed E-state index contributed by atoms with van der Waals surface area (Å²) in [5.41, 5.74) is 0.851. The van der Waals surface area contributed by atoms with Crippen molar-refractivity contribution in [2.75, 3.05) is 12.9 Å². The van der Waals surface area contributed by atoms with E-state index in [4.69, 9.17) is 4.74 Å². The van der Waals surface area contributed by atoms with Crippen molar-refractivity contribution in [1.29, 1.82) is 0 Å². The van der Waals surface area contributed by atoms with E-state index in [9.17, 15) is 0 Å². The van der Waals surface area contributed by atoms with Crippen LogP contribution in [0, 0.1) is 0 Å². The molecule has 4 nitrogen and oxygen atoms in total. The van der Waals surface area contributed by atoms with E-state index in [2.05, 4.69) is 34.5 Å². The Balaban J connectivity index is 2.09. The Hall–Kier alpha value is -1.33. The van der Waals surface area contributed by atoms with Crippen molar-refractivity contribution < 1.29 is 4.74 Å². The van der Waals surface area contributed by atoms with E-state index in [0.717, 1.165) is 10.8 Å². The Labute approximate surface area is 105 Å². The van der Waals surface area contributed by atoms with Crippen molar-refractivity contribution >= 4 is 11.8 Å². The van der Waals surface area contributed by atoms with Gasteiger partial charge < -0.3 is 4.74 Å². The van der Waals surface area contributed by atoms with Gasteiger partial charge >= 0.3 is 0 Å². The van der Waals surface area contributed by atoms with Gasteiger partial charge in [0.1, 0.15) is 5.03 Å². The van der Waals surface area contributed by atoms with E-state index in [1.165, 1.54) is 5.56 Å². The zero-order valence-electron chi connectivity index (χ0n) is 9.88. The first kappa shape index (κ1) is 12.1. The molecule has 2 aromatic rings. The number of ether oxygens (including phenoxy) is 1. The van der Waals surface area contributed by atoms with Gasteiger partial charge in [0, 0.05) is 12.9 Å². The third-order valence-electron chi connectivity index (χ3n) is 2.72. The number of H-pyrrole nitrogens is 1. The Morgan fingerprint density at radius 2 is 2.12 bits per heavy atom. The Kier molecular flexibility index (Phi) is 3.81. The average Bonchev–Trinajstić information content (AvgIpc) is 2.90. The zero-order chi connectivity index (χ0) is 12.1. The number of hydrogen-bond donors (Lipinski definition) is 1. The molecule has 0 aliphatic carbocycles. The lowest BCUT2D eigenvalue weighted by atomic mass is 9.98. The van der Waals surface area contributed by atoms with Crippen LogP contribution in [0.3, 0.4) is 0 Å². The van der Waals surface area contributed by atoms with Gasteiger partial charge in [-0.15, -0.1) is 5.10 Å². The molecule has 0 spiro atoms. The molecule has 0 amide bonds. The second-order valence-corrected chi connectivity index (χ2v) is 4.89. The minimum atomic E-state index is -0.315. The molecule has 0 radical (unpaired) electrons. The molecule has 1 N–H and O–H groups in total. The minimum Gasteiger partial charge on any atom is -0.373 e. The van der Waals surface area contributed by atoms with Gasteiger partial charge in [-0.05, 0) is 12.5 Å². The molecule has 17 heavy (non-hydrogen) atoms. The molecule has 0 bridgehead atoms. The van der Waals surface area contributed by atoms with Gasteiger partial charge in [0.05, 0.1) is 11.8 Å². The maximum atomic E-state index is 5.64. The molecule has 0 unspecified atom stereocenters. The highest BCUT2D eigenvalue weighted by Crippen LogP contribution is 2.30. The molecule has 1 aromatic heterocycles. The maximum Gasteiger partial charge on any atom is 0.138 e. The van der Waals surface area contributed by atoms with Crippen molar-refractivity contribution in [2.45, 2.75) is 17.6 Å². The number of rotatable bonds is 5. The fraction of sp³-hybridized carbons (Fsp3) is 0.333. The molecule has 0 saturated heterocycles.